The van der Waals surface area contributed by atoms with Crippen LogP contribution in [0.1, 0.15) is 39.0 Å². The summed E-state index contributed by atoms with van der Waals surface area (Å²) in [6, 6.07) is 0. The lowest BCUT2D eigenvalue weighted by atomic mass is 10.1. The van der Waals surface area contributed by atoms with E-state index in [-0.39, 0.29) is 12.7 Å². The highest BCUT2D eigenvalue weighted by atomic mass is 16.3. The molecule has 0 fully saturated rings. The minimum atomic E-state index is -0.188. The maximum absolute atomic E-state index is 9.20. The van der Waals surface area contributed by atoms with Crippen molar-refractivity contribution in [2.24, 2.45) is 0 Å². The van der Waals surface area contributed by atoms with Gasteiger partial charge in [0, 0.05) is 6.61 Å². The topological polar surface area (TPSA) is 40.5 Å². The van der Waals surface area contributed by atoms with E-state index in [0.717, 1.165) is 32.1 Å². The molecule has 62 valence electrons. The summed E-state index contributed by atoms with van der Waals surface area (Å²) in [5.41, 5.74) is 0. The molecule has 0 bridgehead atoms. The fourth-order valence-electron chi connectivity index (χ4n) is 0.911. The Morgan fingerprint density at radius 2 is 1.80 bits per heavy atom. The predicted molar refractivity (Wildman–Crippen MR) is 41.9 cm³/mol. The molecule has 0 amide bonds. The van der Waals surface area contributed by atoms with E-state index in [1.54, 1.807) is 0 Å². The van der Waals surface area contributed by atoms with Gasteiger partial charge in [0.25, 0.3) is 0 Å². The van der Waals surface area contributed by atoms with Crippen molar-refractivity contribution in [3.8, 4) is 0 Å². The van der Waals surface area contributed by atoms with Crippen molar-refractivity contribution in [3.63, 3.8) is 0 Å². The van der Waals surface area contributed by atoms with Crippen molar-refractivity contribution in [1.82, 2.24) is 0 Å². The van der Waals surface area contributed by atoms with Crippen LogP contribution >= 0.6 is 0 Å². The second kappa shape index (κ2) is 7.03. The lowest BCUT2D eigenvalue weighted by Gasteiger charge is -2.07. The minimum absolute atomic E-state index is 0.188. The molecule has 0 saturated carbocycles. The smallest absolute Gasteiger partial charge is 0.0541 e. The SMILES string of the molecule is CCCC[C@@H](O)CCCO. The monoisotopic (exact) mass is 146 g/mol. The van der Waals surface area contributed by atoms with Crippen LogP contribution in [0, 0.1) is 0 Å². The van der Waals surface area contributed by atoms with Gasteiger partial charge >= 0.3 is 0 Å². The first kappa shape index (κ1) is 9.92. The molecule has 0 rings (SSSR count). The van der Waals surface area contributed by atoms with Crippen LogP contribution in [0.4, 0.5) is 0 Å². The molecule has 0 aliphatic heterocycles. The maximum atomic E-state index is 9.20. The number of hydrogen-bond acceptors (Lipinski definition) is 2. The second-order valence-corrected chi connectivity index (χ2v) is 2.66. The molecule has 2 heteroatoms. The van der Waals surface area contributed by atoms with Crippen LogP contribution < -0.4 is 0 Å². The third kappa shape index (κ3) is 6.05. The van der Waals surface area contributed by atoms with Crippen LogP contribution in [0.5, 0.6) is 0 Å². The zero-order valence-electron chi connectivity index (χ0n) is 6.71. The molecule has 0 radical (unpaired) electrons. The largest absolute Gasteiger partial charge is 0.396 e. The number of aliphatic hydroxyl groups excluding tert-OH is 2. The molecule has 0 aromatic rings. The second-order valence-electron chi connectivity index (χ2n) is 2.66. The van der Waals surface area contributed by atoms with Gasteiger partial charge in [0.1, 0.15) is 0 Å². The molecular formula is C8H18O2. The van der Waals surface area contributed by atoms with Crippen molar-refractivity contribution < 1.29 is 10.2 Å². The van der Waals surface area contributed by atoms with Crippen molar-refractivity contribution in [1.29, 1.82) is 0 Å². The van der Waals surface area contributed by atoms with Gasteiger partial charge in [-0.2, -0.15) is 0 Å². The molecule has 1 atom stereocenters. The third-order valence-corrected chi connectivity index (χ3v) is 1.59. The molecule has 10 heavy (non-hydrogen) atoms. The van der Waals surface area contributed by atoms with E-state index < -0.39 is 0 Å². The van der Waals surface area contributed by atoms with Crippen LogP contribution in [0.2, 0.25) is 0 Å². The summed E-state index contributed by atoms with van der Waals surface area (Å²) in [5.74, 6) is 0. The van der Waals surface area contributed by atoms with Gasteiger partial charge < -0.3 is 10.2 Å². The quantitative estimate of drug-likeness (QED) is 0.593. The Balaban J connectivity index is 3.00. The summed E-state index contributed by atoms with van der Waals surface area (Å²) < 4.78 is 0. The average Bonchev–Trinajstić information content (AvgIpc) is 1.97. The van der Waals surface area contributed by atoms with Crippen LogP contribution in [0.25, 0.3) is 0 Å². The molecular weight excluding hydrogens is 128 g/mol. The van der Waals surface area contributed by atoms with E-state index in [2.05, 4.69) is 6.92 Å². The lowest BCUT2D eigenvalue weighted by Crippen LogP contribution is -2.06. The molecule has 0 aromatic heterocycles. The molecule has 0 saturated heterocycles. The fraction of sp³-hybridized carbons (Fsp3) is 1.00. The highest BCUT2D eigenvalue weighted by Crippen LogP contribution is 2.05. The standard InChI is InChI=1S/C8H18O2/c1-2-3-5-8(10)6-4-7-9/h8-10H,2-7H2,1H3/t8-/m1/s1. The van der Waals surface area contributed by atoms with E-state index in [9.17, 15) is 5.11 Å². The van der Waals surface area contributed by atoms with E-state index in [4.69, 9.17) is 5.11 Å². The minimum Gasteiger partial charge on any atom is -0.396 e. The molecule has 0 aliphatic carbocycles. The van der Waals surface area contributed by atoms with E-state index in [1.807, 2.05) is 0 Å². The highest BCUT2D eigenvalue weighted by Gasteiger charge is 2.00. The highest BCUT2D eigenvalue weighted by molar-refractivity contribution is 4.54. The molecule has 0 unspecified atom stereocenters. The zero-order valence-corrected chi connectivity index (χ0v) is 6.71. The Morgan fingerprint density at radius 3 is 2.30 bits per heavy atom. The number of aliphatic hydroxyl groups is 2. The van der Waals surface area contributed by atoms with E-state index in [1.165, 1.54) is 0 Å². The Labute approximate surface area is 62.9 Å². The van der Waals surface area contributed by atoms with Crippen LogP contribution in [-0.4, -0.2) is 22.9 Å². The average molecular weight is 146 g/mol. The molecule has 2 N–H and O–H groups in total. The van der Waals surface area contributed by atoms with Gasteiger partial charge in [0.05, 0.1) is 6.10 Å². The molecule has 2 nitrogen and oxygen atoms in total. The fourth-order valence-corrected chi connectivity index (χ4v) is 0.911. The summed E-state index contributed by atoms with van der Waals surface area (Å²) in [5, 5.41) is 17.6. The summed E-state index contributed by atoms with van der Waals surface area (Å²) >= 11 is 0. The van der Waals surface area contributed by atoms with Gasteiger partial charge in [-0.15, -0.1) is 0 Å². The van der Waals surface area contributed by atoms with Gasteiger partial charge in [-0.1, -0.05) is 19.8 Å². The first-order valence-electron chi connectivity index (χ1n) is 4.10. The van der Waals surface area contributed by atoms with Crippen LogP contribution in [0.15, 0.2) is 0 Å². The Bertz CT molecular complexity index is 56.3. The van der Waals surface area contributed by atoms with Crippen LogP contribution in [0.3, 0.4) is 0 Å². The first-order chi connectivity index (χ1) is 4.81. The molecule has 0 spiro atoms. The number of hydrogen-bond donors (Lipinski definition) is 2. The Kier molecular flexibility index (Phi) is 6.98. The maximum Gasteiger partial charge on any atom is 0.0541 e. The molecule has 0 aliphatic rings. The normalized spacial score (nSPS) is 13.5. The lowest BCUT2D eigenvalue weighted by molar-refractivity contribution is 0.138. The van der Waals surface area contributed by atoms with Gasteiger partial charge in [0.2, 0.25) is 0 Å². The number of rotatable bonds is 6. The van der Waals surface area contributed by atoms with Crippen molar-refractivity contribution >= 4 is 0 Å². The summed E-state index contributed by atoms with van der Waals surface area (Å²) in [6.07, 6.45) is 4.40. The summed E-state index contributed by atoms with van der Waals surface area (Å²) in [7, 11) is 0. The summed E-state index contributed by atoms with van der Waals surface area (Å²) in [4.78, 5) is 0. The molecule has 0 aromatic carbocycles. The Morgan fingerprint density at radius 1 is 1.20 bits per heavy atom. The predicted octanol–water partition coefficient (Wildman–Crippen LogP) is 1.31. The first-order valence-corrected chi connectivity index (χ1v) is 4.10. The zero-order chi connectivity index (χ0) is 7.82. The summed E-state index contributed by atoms with van der Waals surface area (Å²) in [6.45, 7) is 2.31. The molecule has 0 heterocycles. The third-order valence-electron chi connectivity index (χ3n) is 1.59. The van der Waals surface area contributed by atoms with Crippen molar-refractivity contribution in [2.45, 2.75) is 45.1 Å². The van der Waals surface area contributed by atoms with E-state index >= 15 is 0 Å². The van der Waals surface area contributed by atoms with Gasteiger partial charge in [0.15, 0.2) is 0 Å². The van der Waals surface area contributed by atoms with Crippen LogP contribution in [-0.2, 0) is 0 Å². The Hall–Kier alpha value is -0.0800. The van der Waals surface area contributed by atoms with Crippen molar-refractivity contribution in [2.75, 3.05) is 6.61 Å². The van der Waals surface area contributed by atoms with Gasteiger partial charge in [-0.3, -0.25) is 0 Å². The number of unbranched alkanes of at least 4 members (excludes halogenated alkanes) is 1. The van der Waals surface area contributed by atoms with Gasteiger partial charge in [-0.25, -0.2) is 0 Å². The van der Waals surface area contributed by atoms with Crippen molar-refractivity contribution in [3.05, 3.63) is 0 Å². The van der Waals surface area contributed by atoms with E-state index in [0.29, 0.717) is 0 Å². The van der Waals surface area contributed by atoms with Gasteiger partial charge in [-0.05, 0) is 19.3 Å².